The number of hydrogen-bond acceptors (Lipinski definition) is 1. The van der Waals surface area contributed by atoms with Gasteiger partial charge in [-0.25, -0.2) is 0 Å². The van der Waals surface area contributed by atoms with E-state index in [9.17, 15) is 0 Å². The Balaban J connectivity index is 1.55. The molecule has 0 aromatic heterocycles. The van der Waals surface area contributed by atoms with Gasteiger partial charge in [0.1, 0.15) is 0 Å². The Morgan fingerprint density at radius 1 is 0.880 bits per heavy atom. The molecule has 1 aliphatic heterocycles. The molecule has 2 aliphatic rings. The van der Waals surface area contributed by atoms with Crippen molar-refractivity contribution >= 4 is 11.6 Å². The lowest BCUT2D eigenvalue weighted by Crippen LogP contribution is -2.36. The van der Waals surface area contributed by atoms with Gasteiger partial charge in [0.05, 0.1) is 0 Å². The van der Waals surface area contributed by atoms with Crippen LogP contribution in [0.25, 0.3) is 11.1 Å². The van der Waals surface area contributed by atoms with Crippen LogP contribution < -0.4 is 0 Å². The van der Waals surface area contributed by atoms with Gasteiger partial charge in [0, 0.05) is 23.2 Å². The molecule has 1 aliphatic carbocycles. The molecule has 2 fully saturated rings. The van der Waals surface area contributed by atoms with Gasteiger partial charge in [-0.05, 0) is 55.3 Å². The average molecular weight is 354 g/mol. The number of hydrogen-bond donors (Lipinski definition) is 0. The maximum absolute atomic E-state index is 6.68. The molecule has 1 saturated heterocycles. The average Bonchev–Trinajstić information content (AvgIpc) is 3.16. The molecule has 0 N–H and O–H groups in total. The van der Waals surface area contributed by atoms with Crippen LogP contribution in [0.2, 0.25) is 5.02 Å². The van der Waals surface area contributed by atoms with Crippen molar-refractivity contribution in [3.63, 3.8) is 0 Å². The van der Waals surface area contributed by atoms with E-state index in [1.807, 2.05) is 0 Å². The maximum atomic E-state index is 6.68. The van der Waals surface area contributed by atoms with E-state index in [-0.39, 0.29) is 0 Å². The lowest BCUT2D eigenvalue weighted by atomic mass is 9.92. The van der Waals surface area contributed by atoms with Gasteiger partial charge in [-0.3, -0.25) is 4.90 Å². The minimum Gasteiger partial charge on any atom is -0.296 e. The van der Waals surface area contributed by atoms with E-state index in [1.165, 1.54) is 69.2 Å². The van der Waals surface area contributed by atoms with Gasteiger partial charge in [-0.2, -0.15) is 0 Å². The number of rotatable bonds is 4. The smallest absolute Gasteiger partial charge is 0.0487 e. The molecule has 25 heavy (non-hydrogen) atoms. The van der Waals surface area contributed by atoms with E-state index < -0.39 is 0 Å². The lowest BCUT2D eigenvalue weighted by Gasteiger charge is -2.37. The van der Waals surface area contributed by atoms with Crippen molar-refractivity contribution < 1.29 is 0 Å². The Hall–Kier alpha value is -1.31. The van der Waals surface area contributed by atoms with Crippen molar-refractivity contribution in [2.75, 3.05) is 13.1 Å². The predicted octanol–water partition coefficient (Wildman–Crippen LogP) is 6.72. The van der Waals surface area contributed by atoms with Gasteiger partial charge in [0.2, 0.25) is 0 Å². The van der Waals surface area contributed by atoms with Crippen molar-refractivity contribution in [3.05, 3.63) is 59.1 Å². The summed E-state index contributed by atoms with van der Waals surface area (Å²) in [5, 5.41) is 0.884. The van der Waals surface area contributed by atoms with E-state index in [1.54, 1.807) is 0 Å². The van der Waals surface area contributed by atoms with Crippen LogP contribution in [0, 0.1) is 5.92 Å². The highest BCUT2D eigenvalue weighted by Gasteiger charge is 2.27. The predicted molar refractivity (Wildman–Crippen MR) is 107 cm³/mol. The standard InChI is InChI=1S/C23H28ClN/c24-22-16-20(13-14-21(22)19-10-2-1-3-11-19)23-12-6-7-15-25(23)17-18-8-4-5-9-18/h1-3,10-11,13-14,16,18,23H,4-9,12,15,17H2. The molecule has 1 unspecified atom stereocenters. The molecule has 0 spiro atoms. The molecule has 132 valence electrons. The van der Waals surface area contributed by atoms with Crippen LogP contribution in [0.5, 0.6) is 0 Å². The zero-order chi connectivity index (χ0) is 17.1. The summed E-state index contributed by atoms with van der Waals surface area (Å²) in [6.07, 6.45) is 9.67. The largest absolute Gasteiger partial charge is 0.296 e. The van der Waals surface area contributed by atoms with Crippen LogP contribution in [-0.2, 0) is 0 Å². The fourth-order valence-electron chi connectivity index (χ4n) is 4.70. The van der Waals surface area contributed by atoms with E-state index in [0.717, 1.165) is 16.5 Å². The fraction of sp³-hybridized carbons (Fsp3) is 0.478. The van der Waals surface area contributed by atoms with Gasteiger partial charge in [0.15, 0.2) is 0 Å². The Kier molecular flexibility index (Phi) is 5.43. The summed E-state index contributed by atoms with van der Waals surface area (Å²) in [5.74, 6) is 0.916. The van der Waals surface area contributed by atoms with Crippen LogP contribution in [0.3, 0.4) is 0 Å². The zero-order valence-electron chi connectivity index (χ0n) is 15.0. The van der Waals surface area contributed by atoms with E-state index in [4.69, 9.17) is 11.6 Å². The summed E-state index contributed by atoms with van der Waals surface area (Å²) in [6, 6.07) is 17.8. The zero-order valence-corrected chi connectivity index (χ0v) is 15.7. The van der Waals surface area contributed by atoms with Gasteiger partial charge < -0.3 is 0 Å². The molecular formula is C23H28ClN. The third-order valence-corrected chi connectivity index (χ3v) is 6.36. The number of halogens is 1. The monoisotopic (exact) mass is 353 g/mol. The quantitative estimate of drug-likeness (QED) is 0.589. The van der Waals surface area contributed by atoms with Gasteiger partial charge in [-0.1, -0.05) is 73.3 Å². The second-order valence-electron chi connectivity index (χ2n) is 7.76. The summed E-state index contributed by atoms with van der Waals surface area (Å²) >= 11 is 6.68. The number of piperidine rings is 1. The third kappa shape index (κ3) is 3.93. The van der Waals surface area contributed by atoms with Gasteiger partial charge in [0.25, 0.3) is 0 Å². The normalized spacial score (nSPS) is 22.4. The minimum atomic E-state index is 0.552. The second-order valence-corrected chi connectivity index (χ2v) is 8.17. The van der Waals surface area contributed by atoms with Crippen molar-refractivity contribution in [2.45, 2.75) is 51.0 Å². The maximum Gasteiger partial charge on any atom is 0.0487 e. The molecular weight excluding hydrogens is 326 g/mol. The first kappa shape index (κ1) is 17.1. The number of nitrogens with zero attached hydrogens (tertiary/aromatic N) is 1. The molecule has 2 aromatic rings. The summed E-state index contributed by atoms with van der Waals surface area (Å²) in [5.41, 5.74) is 3.75. The Morgan fingerprint density at radius 2 is 1.64 bits per heavy atom. The molecule has 1 nitrogen and oxygen atoms in total. The third-order valence-electron chi connectivity index (χ3n) is 6.04. The first-order valence-corrected chi connectivity index (χ1v) is 10.3. The molecule has 4 rings (SSSR count). The molecule has 2 heteroatoms. The highest BCUT2D eigenvalue weighted by molar-refractivity contribution is 6.33. The van der Waals surface area contributed by atoms with E-state index >= 15 is 0 Å². The Labute approximate surface area is 157 Å². The van der Waals surface area contributed by atoms with Crippen LogP contribution in [0.15, 0.2) is 48.5 Å². The Bertz CT molecular complexity index is 690. The molecule has 0 radical (unpaired) electrons. The fourth-order valence-corrected chi connectivity index (χ4v) is 5.00. The number of benzene rings is 2. The summed E-state index contributed by atoms with van der Waals surface area (Å²) < 4.78 is 0. The summed E-state index contributed by atoms with van der Waals surface area (Å²) in [7, 11) is 0. The Morgan fingerprint density at radius 3 is 2.40 bits per heavy atom. The second kappa shape index (κ2) is 7.93. The minimum absolute atomic E-state index is 0.552. The summed E-state index contributed by atoms with van der Waals surface area (Å²) in [4.78, 5) is 2.74. The molecule has 2 aromatic carbocycles. The van der Waals surface area contributed by atoms with E-state index in [0.29, 0.717) is 6.04 Å². The molecule has 1 heterocycles. The highest BCUT2D eigenvalue weighted by atomic mass is 35.5. The summed E-state index contributed by atoms with van der Waals surface area (Å²) in [6.45, 7) is 2.53. The van der Waals surface area contributed by atoms with Crippen LogP contribution in [-0.4, -0.2) is 18.0 Å². The van der Waals surface area contributed by atoms with Crippen molar-refractivity contribution in [3.8, 4) is 11.1 Å². The SMILES string of the molecule is Clc1cc(C2CCCCN2CC2CCCC2)ccc1-c1ccccc1. The van der Waals surface area contributed by atoms with Crippen molar-refractivity contribution in [2.24, 2.45) is 5.92 Å². The highest BCUT2D eigenvalue weighted by Crippen LogP contribution is 2.37. The van der Waals surface area contributed by atoms with E-state index in [2.05, 4.69) is 53.4 Å². The molecule has 1 saturated carbocycles. The van der Waals surface area contributed by atoms with Crippen LogP contribution in [0.4, 0.5) is 0 Å². The topological polar surface area (TPSA) is 3.24 Å². The first-order chi connectivity index (χ1) is 12.3. The van der Waals surface area contributed by atoms with Crippen LogP contribution >= 0.6 is 11.6 Å². The lowest BCUT2D eigenvalue weighted by molar-refractivity contribution is 0.126. The van der Waals surface area contributed by atoms with Crippen molar-refractivity contribution in [1.29, 1.82) is 0 Å². The van der Waals surface area contributed by atoms with Gasteiger partial charge >= 0.3 is 0 Å². The van der Waals surface area contributed by atoms with Crippen LogP contribution in [0.1, 0.15) is 56.6 Å². The first-order valence-electron chi connectivity index (χ1n) is 9.90. The molecule has 0 amide bonds. The van der Waals surface area contributed by atoms with Crippen molar-refractivity contribution in [1.82, 2.24) is 4.90 Å². The molecule has 1 atom stereocenters. The van der Waals surface area contributed by atoms with Gasteiger partial charge in [-0.15, -0.1) is 0 Å². The molecule has 0 bridgehead atoms. The number of likely N-dealkylation sites (tertiary alicyclic amines) is 1.